The number of aliphatic hydroxyl groups excluding tert-OH is 1. The van der Waals surface area contributed by atoms with Crippen LogP contribution in [0, 0.1) is 0 Å². The van der Waals surface area contributed by atoms with Crippen LogP contribution < -0.4 is 15.4 Å². The molecule has 0 aliphatic carbocycles. The van der Waals surface area contributed by atoms with Gasteiger partial charge >= 0.3 is 0 Å². The highest BCUT2D eigenvalue weighted by Gasteiger charge is 2.41. The maximum Gasteiger partial charge on any atom is 0.235 e. The van der Waals surface area contributed by atoms with E-state index in [9.17, 15) is 9.90 Å². The smallest absolute Gasteiger partial charge is 0.235 e. The van der Waals surface area contributed by atoms with Crippen LogP contribution in [0.5, 0.6) is 5.88 Å². The second-order valence-corrected chi connectivity index (χ2v) is 10.8. The van der Waals surface area contributed by atoms with Gasteiger partial charge in [-0.1, -0.05) is 0 Å². The molecular weight excluding hydrogens is 476 g/mol. The first-order chi connectivity index (χ1) is 17.6. The van der Waals surface area contributed by atoms with E-state index in [4.69, 9.17) is 4.74 Å². The minimum absolute atomic E-state index is 0.00549. The van der Waals surface area contributed by atoms with Crippen LogP contribution in [-0.4, -0.2) is 68.4 Å². The first kappa shape index (κ1) is 23.6. The Bertz CT molecular complexity index is 1280. The average Bonchev–Trinajstić information content (AvgIpc) is 3.12. The maximum atomic E-state index is 11.7. The number of anilines is 1. The zero-order valence-electron chi connectivity index (χ0n) is 20.2. The molecule has 6 heterocycles. The van der Waals surface area contributed by atoms with Crippen LogP contribution in [0.4, 0.5) is 5.82 Å². The molecule has 1 amide bonds. The summed E-state index contributed by atoms with van der Waals surface area (Å²) in [5.41, 5.74) is 3.18. The number of nitrogens with one attached hydrogen (secondary N) is 2. The van der Waals surface area contributed by atoms with Gasteiger partial charge in [0.2, 0.25) is 11.8 Å². The van der Waals surface area contributed by atoms with E-state index < -0.39 is 6.10 Å². The topological polar surface area (TPSA) is 113 Å². The summed E-state index contributed by atoms with van der Waals surface area (Å²) in [7, 11) is 1.59. The number of hydrogen-bond acceptors (Lipinski definition) is 9. The summed E-state index contributed by atoms with van der Waals surface area (Å²) < 4.78 is 5.29. The van der Waals surface area contributed by atoms with Crippen LogP contribution in [0.15, 0.2) is 41.4 Å². The van der Waals surface area contributed by atoms with Crippen molar-refractivity contribution in [3.05, 3.63) is 47.8 Å². The molecule has 188 valence electrons. The second-order valence-electron chi connectivity index (χ2n) is 9.75. The number of carbonyl (C=O) groups excluding carboxylic acids is 1. The Hall–Kier alpha value is -2.79. The van der Waals surface area contributed by atoms with E-state index in [1.54, 1.807) is 19.4 Å². The van der Waals surface area contributed by atoms with Gasteiger partial charge in [-0.05, 0) is 49.9 Å². The number of methoxy groups -OCH3 is 1. The summed E-state index contributed by atoms with van der Waals surface area (Å²) in [6.45, 7) is 1.26. The van der Waals surface area contributed by atoms with E-state index in [-0.39, 0.29) is 5.91 Å². The Morgan fingerprint density at radius 1 is 1.19 bits per heavy atom. The van der Waals surface area contributed by atoms with E-state index >= 15 is 0 Å². The fourth-order valence-corrected chi connectivity index (χ4v) is 6.55. The third kappa shape index (κ3) is 4.66. The molecule has 2 saturated heterocycles. The first-order valence-corrected chi connectivity index (χ1v) is 13.5. The molecule has 3 N–H and O–H groups in total. The average molecular weight is 507 g/mol. The highest BCUT2D eigenvalue weighted by Crippen LogP contribution is 2.38. The Kier molecular flexibility index (Phi) is 6.51. The van der Waals surface area contributed by atoms with Crippen molar-refractivity contribution in [2.45, 2.75) is 61.4 Å². The number of amides is 1. The molecule has 36 heavy (non-hydrogen) atoms. The van der Waals surface area contributed by atoms with E-state index in [1.165, 1.54) is 11.8 Å². The lowest BCUT2D eigenvalue weighted by Gasteiger charge is -2.40. The van der Waals surface area contributed by atoms with Crippen molar-refractivity contribution in [2.24, 2.45) is 0 Å². The van der Waals surface area contributed by atoms with Crippen molar-refractivity contribution in [3.8, 4) is 5.88 Å². The standard InChI is InChI=1S/C26H30N6O3S/c1-35-24-7-5-20-25(31-24)19(8-9-27-20)21(33)13-32-17-3-4-18(32)11-16(10-17)28-12-15-2-6-22-26(29-15)30-23(34)14-36-22/h2,5-9,16-18,21,28,33H,3-4,10-14H2,1H3,(H,29,30,34)/t16?,17-,18+,21-/m0/s1. The molecule has 3 aliphatic heterocycles. The number of carbonyl (C=O) groups is 1. The molecule has 2 bridgehead atoms. The van der Waals surface area contributed by atoms with Gasteiger partial charge in [0, 0.05) is 49.0 Å². The van der Waals surface area contributed by atoms with Crippen LogP contribution >= 0.6 is 11.8 Å². The summed E-state index contributed by atoms with van der Waals surface area (Å²) >= 11 is 1.53. The number of nitrogens with zero attached hydrogens (tertiary/aromatic N) is 4. The van der Waals surface area contributed by atoms with Crippen molar-refractivity contribution in [3.63, 3.8) is 0 Å². The predicted molar refractivity (Wildman–Crippen MR) is 138 cm³/mol. The number of ether oxygens (including phenoxy) is 1. The lowest BCUT2D eigenvalue weighted by Crippen LogP contribution is -2.50. The minimum atomic E-state index is -0.643. The summed E-state index contributed by atoms with van der Waals surface area (Å²) in [4.78, 5) is 28.8. The van der Waals surface area contributed by atoms with E-state index in [2.05, 4.69) is 30.5 Å². The van der Waals surface area contributed by atoms with E-state index in [0.717, 1.165) is 47.4 Å². The van der Waals surface area contributed by atoms with E-state index in [1.807, 2.05) is 24.3 Å². The van der Waals surface area contributed by atoms with Crippen molar-refractivity contribution >= 4 is 34.5 Å². The van der Waals surface area contributed by atoms with Gasteiger partial charge in [-0.15, -0.1) is 11.8 Å². The molecule has 0 aromatic carbocycles. The lowest BCUT2D eigenvalue weighted by molar-refractivity contribution is -0.113. The molecule has 3 aromatic rings. The molecule has 0 saturated carbocycles. The fraction of sp³-hybridized carbons (Fsp3) is 0.462. The molecule has 1 unspecified atom stereocenters. The zero-order chi connectivity index (χ0) is 24.6. The summed E-state index contributed by atoms with van der Waals surface area (Å²) in [5, 5.41) is 17.8. The molecule has 3 aromatic heterocycles. The number of fused-ring (bicyclic) bond motifs is 4. The Morgan fingerprint density at radius 3 is 2.83 bits per heavy atom. The largest absolute Gasteiger partial charge is 0.481 e. The molecule has 10 heteroatoms. The van der Waals surface area contributed by atoms with Gasteiger partial charge in [0.1, 0.15) is 5.82 Å². The van der Waals surface area contributed by atoms with Crippen molar-refractivity contribution in [1.29, 1.82) is 0 Å². The van der Waals surface area contributed by atoms with Crippen LogP contribution in [0.3, 0.4) is 0 Å². The summed E-state index contributed by atoms with van der Waals surface area (Å²) in [6, 6.07) is 10.9. The molecule has 2 fully saturated rings. The van der Waals surface area contributed by atoms with Gasteiger partial charge in [-0.3, -0.25) is 14.7 Å². The van der Waals surface area contributed by atoms with Crippen molar-refractivity contribution < 1.29 is 14.6 Å². The van der Waals surface area contributed by atoms with Gasteiger partial charge in [-0.2, -0.15) is 0 Å². The van der Waals surface area contributed by atoms with Gasteiger partial charge in [0.25, 0.3) is 0 Å². The number of piperidine rings is 1. The SMILES string of the molecule is COc1ccc2nccc([C@@H](O)CN3[C@@H]4CC[C@H]3CC(NCc3ccc5c(n3)NC(=O)CS5)C4)c2n1. The maximum absolute atomic E-state index is 11.7. The zero-order valence-corrected chi connectivity index (χ0v) is 21.0. The number of pyridine rings is 3. The molecule has 4 atom stereocenters. The Balaban J connectivity index is 1.09. The van der Waals surface area contributed by atoms with Gasteiger partial charge in [0.05, 0.1) is 40.6 Å². The highest BCUT2D eigenvalue weighted by molar-refractivity contribution is 8.00. The van der Waals surface area contributed by atoms with Gasteiger partial charge in [-0.25, -0.2) is 9.97 Å². The number of hydrogen-bond donors (Lipinski definition) is 3. The van der Waals surface area contributed by atoms with Gasteiger partial charge in [0.15, 0.2) is 0 Å². The van der Waals surface area contributed by atoms with Crippen LogP contribution in [0.25, 0.3) is 11.0 Å². The molecular formula is C26H30N6O3S. The third-order valence-corrected chi connectivity index (χ3v) is 8.58. The van der Waals surface area contributed by atoms with Crippen LogP contribution in [-0.2, 0) is 11.3 Å². The number of rotatable bonds is 7. The van der Waals surface area contributed by atoms with Crippen molar-refractivity contribution in [1.82, 2.24) is 25.2 Å². The lowest BCUT2D eigenvalue weighted by atomic mass is 9.96. The Morgan fingerprint density at radius 2 is 2.03 bits per heavy atom. The normalized spacial score (nSPS) is 24.4. The molecule has 0 radical (unpaired) electrons. The first-order valence-electron chi connectivity index (χ1n) is 12.5. The monoisotopic (exact) mass is 506 g/mol. The van der Waals surface area contributed by atoms with E-state index in [0.29, 0.717) is 54.2 Å². The molecule has 9 nitrogen and oxygen atoms in total. The predicted octanol–water partition coefficient (Wildman–Crippen LogP) is 2.90. The number of aromatic nitrogens is 3. The molecule has 3 aliphatic rings. The minimum Gasteiger partial charge on any atom is -0.481 e. The number of aliphatic hydroxyl groups is 1. The molecule has 0 spiro atoms. The third-order valence-electron chi connectivity index (χ3n) is 7.53. The molecule has 6 rings (SSSR count). The second kappa shape index (κ2) is 9.93. The van der Waals surface area contributed by atoms with Crippen LogP contribution in [0.2, 0.25) is 0 Å². The quantitative estimate of drug-likeness (QED) is 0.445. The summed E-state index contributed by atoms with van der Waals surface area (Å²) in [5.74, 6) is 1.65. The fourth-order valence-electron chi connectivity index (χ4n) is 5.80. The van der Waals surface area contributed by atoms with Gasteiger partial charge < -0.3 is 20.5 Å². The number of thioether (sulfide) groups is 1. The summed E-state index contributed by atoms with van der Waals surface area (Å²) in [6.07, 6.45) is 5.49. The van der Waals surface area contributed by atoms with Crippen molar-refractivity contribution in [2.75, 3.05) is 24.7 Å². The Labute approximate surface area is 214 Å². The van der Waals surface area contributed by atoms with Crippen LogP contribution in [0.1, 0.15) is 43.0 Å². The highest BCUT2D eigenvalue weighted by atomic mass is 32.2.